The molecule has 0 aromatic heterocycles. The molecule has 0 atom stereocenters. The molecular formula is C19H15NO2. The molecular weight excluding hydrogens is 274 g/mol. The van der Waals surface area contributed by atoms with Crippen molar-refractivity contribution in [3.05, 3.63) is 65.2 Å². The van der Waals surface area contributed by atoms with E-state index in [-0.39, 0.29) is 5.97 Å². The Morgan fingerprint density at radius 3 is 2.55 bits per heavy atom. The molecule has 0 saturated heterocycles. The van der Waals surface area contributed by atoms with E-state index in [0.29, 0.717) is 5.56 Å². The Hall–Kier alpha value is -2.86. The normalized spacial score (nSPS) is 12.8. The number of ether oxygens (including phenoxy) is 1. The van der Waals surface area contributed by atoms with Gasteiger partial charge in [-0.15, -0.1) is 0 Å². The summed E-state index contributed by atoms with van der Waals surface area (Å²) < 4.78 is 4.72. The van der Waals surface area contributed by atoms with Crippen LogP contribution in [0, 0.1) is 11.3 Å². The van der Waals surface area contributed by atoms with Gasteiger partial charge in [-0.05, 0) is 47.2 Å². The Balaban J connectivity index is 2.05. The molecule has 0 amide bonds. The quantitative estimate of drug-likeness (QED) is 0.785. The van der Waals surface area contributed by atoms with Crippen LogP contribution in [-0.4, -0.2) is 13.1 Å². The van der Waals surface area contributed by atoms with Crippen molar-refractivity contribution in [2.45, 2.75) is 12.8 Å². The molecule has 0 fully saturated rings. The van der Waals surface area contributed by atoms with Crippen molar-refractivity contribution in [2.24, 2.45) is 0 Å². The molecule has 0 aliphatic heterocycles. The number of nitrogens with zero attached hydrogens (tertiary/aromatic N) is 1. The fourth-order valence-electron chi connectivity index (χ4n) is 2.86. The van der Waals surface area contributed by atoms with Crippen molar-refractivity contribution in [3.8, 4) is 17.2 Å². The summed E-state index contributed by atoms with van der Waals surface area (Å²) in [6.07, 6.45) is 3.80. The van der Waals surface area contributed by atoms with Crippen LogP contribution in [-0.2, 0) is 11.2 Å². The van der Waals surface area contributed by atoms with Gasteiger partial charge in [0.15, 0.2) is 0 Å². The second-order valence-corrected chi connectivity index (χ2v) is 5.17. The molecule has 0 N–H and O–H groups in total. The van der Waals surface area contributed by atoms with Gasteiger partial charge >= 0.3 is 5.97 Å². The van der Waals surface area contributed by atoms with Gasteiger partial charge in [0.2, 0.25) is 0 Å². The number of rotatable bonds is 2. The minimum Gasteiger partial charge on any atom is -0.465 e. The Labute approximate surface area is 129 Å². The van der Waals surface area contributed by atoms with E-state index in [9.17, 15) is 10.1 Å². The van der Waals surface area contributed by atoms with Gasteiger partial charge in [0.1, 0.15) is 0 Å². The predicted molar refractivity (Wildman–Crippen MR) is 85.1 cm³/mol. The summed E-state index contributed by atoms with van der Waals surface area (Å²) in [6, 6.07) is 15.7. The average Bonchev–Trinajstić information content (AvgIpc) is 2.60. The lowest BCUT2D eigenvalue weighted by atomic mass is 9.85. The van der Waals surface area contributed by atoms with Crippen LogP contribution in [0.2, 0.25) is 0 Å². The van der Waals surface area contributed by atoms with Crippen molar-refractivity contribution in [3.63, 3.8) is 0 Å². The summed E-state index contributed by atoms with van der Waals surface area (Å²) in [5.41, 5.74) is 5.66. The van der Waals surface area contributed by atoms with Crippen molar-refractivity contribution in [1.29, 1.82) is 5.26 Å². The Morgan fingerprint density at radius 2 is 1.86 bits per heavy atom. The first-order valence-electron chi connectivity index (χ1n) is 7.16. The number of carbonyl (C=O) groups is 1. The van der Waals surface area contributed by atoms with Gasteiger partial charge in [-0.2, -0.15) is 5.26 Å². The minimum absolute atomic E-state index is 0.337. The van der Waals surface area contributed by atoms with Crippen molar-refractivity contribution >= 4 is 11.5 Å². The van der Waals surface area contributed by atoms with Crippen LogP contribution in [0.3, 0.4) is 0 Å². The molecule has 3 heteroatoms. The standard InChI is InChI=1S/C19H15NO2/c1-22-19(21)14-10-8-13(9-11-14)16-5-3-6-17-15(12-20)4-2-7-18(16)17/h3-6,8-11H,2,7H2,1H3. The highest BCUT2D eigenvalue weighted by molar-refractivity contribution is 5.90. The van der Waals surface area contributed by atoms with Gasteiger partial charge in [0.25, 0.3) is 0 Å². The molecule has 0 spiro atoms. The summed E-state index contributed by atoms with van der Waals surface area (Å²) in [7, 11) is 1.37. The zero-order valence-electron chi connectivity index (χ0n) is 12.3. The SMILES string of the molecule is COC(=O)c1ccc(-c2cccc3c2CCC=C3C#N)cc1. The van der Waals surface area contributed by atoms with Crippen LogP contribution in [0.4, 0.5) is 0 Å². The maximum Gasteiger partial charge on any atom is 0.337 e. The first-order valence-corrected chi connectivity index (χ1v) is 7.16. The van der Waals surface area contributed by atoms with Gasteiger partial charge in [0, 0.05) is 0 Å². The van der Waals surface area contributed by atoms with E-state index in [1.807, 2.05) is 30.3 Å². The Morgan fingerprint density at radius 1 is 1.14 bits per heavy atom. The van der Waals surface area contributed by atoms with Crippen LogP contribution in [0.5, 0.6) is 0 Å². The van der Waals surface area contributed by atoms with E-state index in [2.05, 4.69) is 12.1 Å². The molecule has 1 aliphatic carbocycles. The average molecular weight is 289 g/mol. The van der Waals surface area contributed by atoms with Gasteiger partial charge in [-0.25, -0.2) is 4.79 Å². The molecule has 0 radical (unpaired) electrons. The molecule has 2 aromatic rings. The smallest absolute Gasteiger partial charge is 0.337 e. The fraction of sp³-hybridized carbons (Fsp3) is 0.158. The molecule has 108 valence electrons. The second kappa shape index (κ2) is 5.87. The van der Waals surface area contributed by atoms with E-state index in [1.165, 1.54) is 12.7 Å². The summed E-state index contributed by atoms with van der Waals surface area (Å²) in [5, 5.41) is 9.25. The van der Waals surface area contributed by atoms with E-state index < -0.39 is 0 Å². The monoisotopic (exact) mass is 289 g/mol. The number of benzene rings is 2. The molecule has 0 heterocycles. The molecule has 0 unspecified atom stereocenters. The fourth-order valence-corrected chi connectivity index (χ4v) is 2.86. The summed E-state index contributed by atoms with van der Waals surface area (Å²) in [6.45, 7) is 0. The minimum atomic E-state index is -0.337. The van der Waals surface area contributed by atoms with E-state index in [4.69, 9.17) is 4.74 Å². The van der Waals surface area contributed by atoms with Crippen LogP contribution in [0.25, 0.3) is 16.7 Å². The number of methoxy groups -OCH3 is 1. The predicted octanol–water partition coefficient (Wildman–Crippen LogP) is 3.99. The van der Waals surface area contributed by atoms with Gasteiger partial charge in [-0.3, -0.25) is 0 Å². The number of allylic oxidation sites excluding steroid dienone is 2. The topological polar surface area (TPSA) is 50.1 Å². The van der Waals surface area contributed by atoms with E-state index in [0.717, 1.165) is 35.1 Å². The maximum atomic E-state index is 11.5. The number of nitriles is 1. The largest absolute Gasteiger partial charge is 0.465 e. The molecule has 0 saturated carbocycles. The third kappa shape index (κ3) is 2.40. The molecule has 3 nitrogen and oxygen atoms in total. The lowest BCUT2D eigenvalue weighted by Gasteiger charge is -2.18. The Kier molecular flexibility index (Phi) is 3.76. The summed E-state index contributed by atoms with van der Waals surface area (Å²) in [5.74, 6) is -0.337. The molecule has 0 bridgehead atoms. The zero-order valence-corrected chi connectivity index (χ0v) is 12.3. The highest BCUT2D eigenvalue weighted by atomic mass is 16.5. The summed E-state index contributed by atoms with van der Waals surface area (Å²) in [4.78, 5) is 11.5. The molecule has 22 heavy (non-hydrogen) atoms. The first kappa shape index (κ1) is 14.1. The summed E-state index contributed by atoms with van der Waals surface area (Å²) >= 11 is 0. The Bertz CT molecular complexity index is 795. The molecule has 1 aliphatic rings. The lowest BCUT2D eigenvalue weighted by Crippen LogP contribution is -2.02. The van der Waals surface area contributed by atoms with E-state index in [1.54, 1.807) is 12.1 Å². The lowest BCUT2D eigenvalue weighted by molar-refractivity contribution is 0.0601. The first-order chi connectivity index (χ1) is 10.7. The highest BCUT2D eigenvalue weighted by Crippen LogP contribution is 2.34. The molecule has 3 rings (SSSR count). The van der Waals surface area contributed by atoms with Crippen LogP contribution in [0.15, 0.2) is 48.5 Å². The van der Waals surface area contributed by atoms with E-state index >= 15 is 0 Å². The van der Waals surface area contributed by atoms with Crippen molar-refractivity contribution < 1.29 is 9.53 Å². The molecule has 2 aromatic carbocycles. The third-order valence-electron chi connectivity index (χ3n) is 3.95. The third-order valence-corrected chi connectivity index (χ3v) is 3.95. The van der Waals surface area contributed by atoms with Gasteiger partial charge in [0.05, 0.1) is 24.3 Å². The van der Waals surface area contributed by atoms with Gasteiger partial charge in [-0.1, -0.05) is 36.4 Å². The van der Waals surface area contributed by atoms with Crippen molar-refractivity contribution in [2.75, 3.05) is 7.11 Å². The number of fused-ring (bicyclic) bond motifs is 1. The number of hydrogen-bond acceptors (Lipinski definition) is 3. The zero-order chi connectivity index (χ0) is 15.5. The highest BCUT2D eigenvalue weighted by Gasteiger charge is 2.16. The number of carbonyl (C=O) groups excluding carboxylic acids is 1. The number of hydrogen-bond donors (Lipinski definition) is 0. The maximum absolute atomic E-state index is 11.5. The van der Waals surface area contributed by atoms with Crippen LogP contribution < -0.4 is 0 Å². The second-order valence-electron chi connectivity index (χ2n) is 5.17. The van der Waals surface area contributed by atoms with Crippen LogP contribution >= 0.6 is 0 Å². The van der Waals surface area contributed by atoms with Gasteiger partial charge < -0.3 is 4.74 Å². The van der Waals surface area contributed by atoms with Crippen LogP contribution in [0.1, 0.15) is 27.9 Å². The van der Waals surface area contributed by atoms with Crippen molar-refractivity contribution in [1.82, 2.24) is 0 Å². The number of esters is 1.